The molecule has 2 N–H and O–H groups in total. The van der Waals surface area contributed by atoms with E-state index in [0.717, 1.165) is 25.0 Å². The molecule has 3 nitrogen and oxygen atoms in total. The third-order valence-electron chi connectivity index (χ3n) is 3.37. The number of halogens is 3. The van der Waals surface area contributed by atoms with Crippen LogP contribution in [0.2, 0.25) is 0 Å². The van der Waals surface area contributed by atoms with Gasteiger partial charge >= 0.3 is 6.18 Å². The predicted octanol–water partition coefficient (Wildman–Crippen LogP) is 2.60. The van der Waals surface area contributed by atoms with Crippen LogP contribution in [0.4, 0.5) is 13.2 Å². The molecule has 1 saturated carbocycles. The summed E-state index contributed by atoms with van der Waals surface area (Å²) in [7, 11) is 0. The number of alkyl halides is 3. The van der Waals surface area contributed by atoms with Crippen molar-refractivity contribution in [1.29, 1.82) is 0 Å². The number of hydrogen-bond acceptors (Lipinski definition) is 2. The molecule has 0 aliphatic heterocycles. The van der Waals surface area contributed by atoms with Gasteiger partial charge in [0, 0.05) is 6.54 Å². The minimum Gasteiger partial charge on any atom is -0.393 e. The van der Waals surface area contributed by atoms with E-state index in [1.54, 1.807) is 0 Å². The van der Waals surface area contributed by atoms with Crippen molar-refractivity contribution in [3.63, 3.8) is 0 Å². The second-order valence-corrected chi connectivity index (χ2v) is 4.99. The summed E-state index contributed by atoms with van der Waals surface area (Å²) in [4.78, 5) is 11.8. The highest BCUT2D eigenvalue weighted by atomic mass is 19.4. The molecule has 0 saturated heterocycles. The van der Waals surface area contributed by atoms with Gasteiger partial charge in [-0.3, -0.25) is 4.79 Å². The Hall–Kier alpha value is -1.56. The Morgan fingerprint density at radius 2 is 2.00 bits per heavy atom. The zero-order valence-electron chi connectivity index (χ0n) is 10.8. The van der Waals surface area contributed by atoms with E-state index < -0.39 is 23.8 Å². The first-order chi connectivity index (χ1) is 9.39. The zero-order valence-corrected chi connectivity index (χ0v) is 10.8. The van der Waals surface area contributed by atoms with E-state index in [-0.39, 0.29) is 18.0 Å². The third-order valence-corrected chi connectivity index (χ3v) is 3.37. The highest BCUT2D eigenvalue weighted by molar-refractivity contribution is 5.95. The average Bonchev–Trinajstić information content (AvgIpc) is 3.21. The fourth-order valence-corrected chi connectivity index (χ4v) is 2.07. The Balaban J connectivity index is 1.95. The molecular formula is C14H16F3NO2. The summed E-state index contributed by atoms with van der Waals surface area (Å²) in [6.07, 6.45) is -2.71. The molecule has 0 aromatic heterocycles. The molecule has 0 heterocycles. The number of carbonyl (C=O) groups excluding carboxylic acids is 1. The van der Waals surface area contributed by atoms with Crippen molar-refractivity contribution in [2.45, 2.75) is 31.5 Å². The summed E-state index contributed by atoms with van der Waals surface area (Å²) in [6, 6.07) is 4.67. The lowest BCUT2D eigenvalue weighted by Crippen LogP contribution is -2.29. The Kier molecular flexibility index (Phi) is 4.32. The van der Waals surface area contributed by atoms with Crippen LogP contribution in [0.1, 0.15) is 35.2 Å². The maximum atomic E-state index is 12.8. The summed E-state index contributed by atoms with van der Waals surface area (Å²) < 4.78 is 38.3. The number of aliphatic hydroxyl groups excluding tert-OH is 1. The SMILES string of the molecule is O=C(NCC[C@@H](O)C1CC1)c1ccccc1C(F)(F)F. The number of nitrogens with one attached hydrogen (secondary N) is 1. The highest BCUT2D eigenvalue weighted by Gasteiger charge is 2.35. The van der Waals surface area contributed by atoms with Crippen molar-refractivity contribution in [3.05, 3.63) is 35.4 Å². The van der Waals surface area contributed by atoms with Crippen LogP contribution in [-0.2, 0) is 6.18 Å². The fourth-order valence-electron chi connectivity index (χ4n) is 2.07. The molecular weight excluding hydrogens is 271 g/mol. The first-order valence-corrected chi connectivity index (χ1v) is 6.52. The lowest BCUT2D eigenvalue weighted by molar-refractivity contribution is -0.137. The van der Waals surface area contributed by atoms with E-state index in [2.05, 4.69) is 5.32 Å². The highest BCUT2D eigenvalue weighted by Crippen LogP contribution is 2.34. The number of aliphatic hydroxyl groups is 1. The van der Waals surface area contributed by atoms with Crippen molar-refractivity contribution in [3.8, 4) is 0 Å². The van der Waals surface area contributed by atoms with Crippen LogP contribution < -0.4 is 5.32 Å². The average molecular weight is 287 g/mol. The lowest BCUT2D eigenvalue weighted by Gasteiger charge is -2.13. The first-order valence-electron chi connectivity index (χ1n) is 6.52. The minimum absolute atomic E-state index is 0.169. The van der Waals surface area contributed by atoms with Crippen molar-refractivity contribution in [2.75, 3.05) is 6.54 Å². The summed E-state index contributed by atoms with van der Waals surface area (Å²) >= 11 is 0. The topological polar surface area (TPSA) is 49.3 Å². The fraction of sp³-hybridized carbons (Fsp3) is 0.500. The number of rotatable bonds is 5. The largest absolute Gasteiger partial charge is 0.417 e. The van der Waals surface area contributed by atoms with Gasteiger partial charge in [0.05, 0.1) is 17.2 Å². The maximum absolute atomic E-state index is 12.8. The first kappa shape index (κ1) is 14.8. The van der Waals surface area contributed by atoms with Gasteiger partial charge in [0.1, 0.15) is 0 Å². The molecule has 1 amide bonds. The van der Waals surface area contributed by atoms with Crippen LogP contribution in [-0.4, -0.2) is 23.7 Å². The van der Waals surface area contributed by atoms with Gasteiger partial charge in [-0.05, 0) is 37.3 Å². The van der Waals surface area contributed by atoms with E-state index in [0.29, 0.717) is 6.42 Å². The molecule has 0 unspecified atom stereocenters. The number of carbonyl (C=O) groups is 1. The van der Waals surface area contributed by atoms with E-state index in [1.165, 1.54) is 12.1 Å². The van der Waals surface area contributed by atoms with Crippen LogP contribution in [0.3, 0.4) is 0 Å². The molecule has 0 spiro atoms. The normalized spacial score (nSPS) is 16.8. The maximum Gasteiger partial charge on any atom is 0.417 e. The minimum atomic E-state index is -4.55. The quantitative estimate of drug-likeness (QED) is 0.874. The number of benzene rings is 1. The van der Waals surface area contributed by atoms with Crippen LogP contribution in [0.25, 0.3) is 0 Å². The summed E-state index contributed by atoms with van der Waals surface area (Å²) in [6.45, 7) is 0.169. The van der Waals surface area contributed by atoms with E-state index in [9.17, 15) is 23.1 Å². The molecule has 0 bridgehead atoms. The van der Waals surface area contributed by atoms with Crippen LogP contribution in [0.5, 0.6) is 0 Å². The van der Waals surface area contributed by atoms with Crippen LogP contribution in [0.15, 0.2) is 24.3 Å². The molecule has 1 atom stereocenters. The van der Waals surface area contributed by atoms with Gasteiger partial charge in [-0.25, -0.2) is 0 Å². The number of amides is 1. The summed E-state index contributed by atoms with van der Waals surface area (Å²) in [5.41, 5.74) is -1.33. The van der Waals surface area contributed by atoms with Gasteiger partial charge in [-0.1, -0.05) is 12.1 Å². The van der Waals surface area contributed by atoms with Gasteiger partial charge in [-0.2, -0.15) is 13.2 Å². The van der Waals surface area contributed by atoms with Crippen LogP contribution >= 0.6 is 0 Å². The second kappa shape index (κ2) is 5.83. The molecule has 2 rings (SSSR count). The number of hydrogen-bond donors (Lipinski definition) is 2. The van der Waals surface area contributed by atoms with Crippen molar-refractivity contribution in [2.24, 2.45) is 5.92 Å². The zero-order chi connectivity index (χ0) is 14.8. The molecule has 1 aromatic rings. The lowest BCUT2D eigenvalue weighted by atomic mass is 10.1. The summed E-state index contributed by atoms with van der Waals surface area (Å²) in [5.74, 6) is -0.477. The molecule has 1 fully saturated rings. The van der Waals surface area contributed by atoms with E-state index in [1.807, 2.05) is 0 Å². The summed E-state index contributed by atoms with van der Waals surface area (Å²) in [5, 5.41) is 12.1. The van der Waals surface area contributed by atoms with Gasteiger partial charge in [0.2, 0.25) is 0 Å². The monoisotopic (exact) mass is 287 g/mol. The Morgan fingerprint density at radius 1 is 1.35 bits per heavy atom. The Morgan fingerprint density at radius 3 is 2.60 bits per heavy atom. The van der Waals surface area contributed by atoms with E-state index in [4.69, 9.17) is 0 Å². The Labute approximate surface area is 114 Å². The third kappa shape index (κ3) is 3.72. The molecule has 0 radical (unpaired) electrons. The smallest absolute Gasteiger partial charge is 0.393 e. The molecule has 1 aliphatic carbocycles. The molecule has 1 aliphatic rings. The standard InChI is InChI=1S/C14H16F3NO2/c15-14(16,17)11-4-2-1-3-10(11)13(20)18-8-7-12(19)9-5-6-9/h1-4,9,12,19H,5-8H2,(H,18,20)/t12-/m1/s1. The predicted molar refractivity (Wildman–Crippen MR) is 67.1 cm³/mol. The van der Waals surface area contributed by atoms with Gasteiger partial charge < -0.3 is 10.4 Å². The van der Waals surface area contributed by atoms with Crippen LogP contribution in [0, 0.1) is 5.92 Å². The van der Waals surface area contributed by atoms with Crippen molar-refractivity contribution >= 4 is 5.91 Å². The molecule has 20 heavy (non-hydrogen) atoms. The molecule has 6 heteroatoms. The van der Waals surface area contributed by atoms with Gasteiger partial charge in [0.15, 0.2) is 0 Å². The van der Waals surface area contributed by atoms with E-state index >= 15 is 0 Å². The van der Waals surface area contributed by atoms with Gasteiger partial charge in [-0.15, -0.1) is 0 Å². The van der Waals surface area contributed by atoms with Crippen molar-refractivity contribution < 1.29 is 23.1 Å². The second-order valence-electron chi connectivity index (χ2n) is 4.99. The van der Waals surface area contributed by atoms with Gasteiger partial charge in [0.25, 0.3) is 5.91 Å². The Bertz CT molecular complexity index is 484. The van der Waals surface area contributed by atoms with Crippen molar-refractivity contribution in [1.82, 2.24) is 5.32 Å². The molecule has 110 valence electrons. The molecule has 1 aromatic carbocycles.